The second-order valence-corrected chi connectivity index (χ2v) is 7.67. The molecule has 4 rings (SSSR count). The van der Waals surface area contributed by atoms with Crippen LogP contribution in [0.1, 0.15) is 36.7 Å². The number of thiophene rings is 1. The first-order valence-corrected chi connectivity index (χ1v) is 10.4. The fourth-order valence-electron chi connectivity index (χ4n) is 3.19. The number of anilines is 1. The minimum atomic E-state index is 0.332. The van der Waals surface area contributed by atoms with Crippen molar-refractivity contribution in [1.29, 1.82) is 0 Å². The maximum Gasteiger partial charge on any atom is 0.138 e. The number of ether oxygens (including phenoxy) is 2. The van der Waals surface area contributed by atoms with Crippen molar-refractivity contribution >= 4 is 27.4 Å². The summed E-state index contributed by atoms with van der Waals surface area (Å²) in [5, 5.41) is 6.64. The molecule has 5 nitrogen and oxygen atoms in total. The van der Waals surface area contributed by atoms with E-state index >= 15 is 0 Å². The zero-order valence-electron chi connectivity index (χ0n) is 15.6. The highest BCUT2D eigenvalue weighted by molar-refractivity contribution is 7.16. The molecule has 1 aliphatic heterocycles. The normalized spacial score (nSPS) is 15.3. The minimum Gasteiger partial charge on any atom is -0.381 e. The monoisotopic (exact) mass is 383 g/mol. The fourth-order valence-corrected chi connectivity index (χ4v) is 3.97. The Morgan fingerprint density at radius 1 is 1.11 bits per heavy atom. The van der Waals surface area contributed by atoms with Gasteiger partial charge in [0.05, 0.1) is 18.1 Å². The summed E-state index contributed by atoms with van der Waals surface area (Å²) in [5.74, 6) is 1.80. The van der Waals surface area contributed by atoms with Gasteiger partial charge < -0.3 is 14.8 Å². The average Bonchev–Trinajstić information content (AvgIpc) is 3.20. The van der Waals surface area contributed by atoms with E-state index in [1.807, 2.05) is 0 Å². The van der Waals surface area contributed by atoms with Crippen LogP contribution in [0.5, 0.6) is 0 Å². The molecule has 0 aliphatic carbocycles. The molecule has 6 heteroatoms. The molecule has 0 amide bonds. The molecule has 0 spiro atoms. The van der Waals surface area contributed by atoms with Gasteiger partial charge in [-0.2, -0.15) is 0 Å². The summed E-state index contributed by atoms with van der Waals surface area (Å²) in [6, 6.07) is 10.7. The highest BCUT2D eigenvalue weighted by Crippen LogP contribution is 2.25. The molecule has 1 fully saturated rings. The molecule has 0 radical (unpaired) electrons. The van der Waals surface area contributed by atoms with Crippen LogP contribution in [-0.4, -0.2) is 29.3 Å². The van der Waals surface area contributed by atoms with Gasteiger partial charge in [-0.1, -0.05) is 31.2 Å². The Hall–Kier alpha value is -2.02. The molecule has 1 N–H and O–H groups in total. The van der Waals surface area contributed by atoms with Crippen LogP contribution in [0.4, 0.5) is 5.82 Å². The quantitative estimate of drug-likeness (QED) is 0.648. The average molecular weight is 384 g/mol. The zero-order valence-corrected chi connectivity index (χ0v) is 16.4. The van der Waals surface area contributed by atoms with E-state index in [1.54, 1.807) is 11.3 Å². The molecule has 1 aliphatic rings. The number of aryl methyl sites for hydroxylation is 1. The van der Waals surface area contributed by atoms with Crippen LogP contribution in [0.2, 0.25) is 0 Å². The van der Waals surface area contributed by atoms with Gasteiger partial charge in [-0.05, 0) is 35.4 Å². The maximum atomic E-state index is 5.99. The van der Waals surface area contributed by atoms with Gasteiger partial charge in [0.15, 0.2) is 0 Å². The first-order valence-electron chi connectivity index (χ1n) is 9.57. The van der Waals surface area contributed by atoms with Gasteiger partial charge in [-0.25, -0.2) is 9.97 Å². The number of benzene rings is 1. The van der Waals surface area contributed by atoms with E-state index in [1.165, 1.54) is 11.1 Å². The Morgan fingerprint density at radius 2 is 1.89 bits per heavy atom. The lowest BCUT2D eigenvalue weighted by Crippen LogP contribution is -2.23. The topological polar surface area (TPSA) is 56.3 Å². The molecule has 0 atom stereocenters. The van der Waals surface area contributed by atoms with Gasteiger partial charge in [-0.15, -0.1) is 11.3 Å². The van der Waals surface area contributed by atoms with Crippen molar-refractivity contribution < 1.29 is 9.47 Å². The predicted octanol–water partition coefficient (Wildman–Crippen LogP) is 4.56. The Balaban J connectivity index is 1.35. The summed E-state index contributed by atoms with van der Waals surface area (Å²) in [4.78, 5) is 10.3. The minimum absolute atomic E-state index is 0.332. The van der Waals surface area contributed by atoms with Gasteiger partial charge in [0, 0.05) is 26.2 Å². The van der Waals surface area contributed by atoms with Crippen LogP contribution in [0, 0.1) is 0 Å². The molecule has 27 heavy (non-hydrogen) atoms. The maximum absolute atomic E-state index is 5.99. The molecule has 1 aromatic carbocycles. The third kappa shape index (κ3) is 4.64. The lowest BCUT2D eigenvalue weighted by Gasteiger charge is -2.22. The molecular weight excluding hydrogens is 358 g/mol. The first kappa shape index (κ1) is 18.3. The number of fused-ring (bicyclic) bond motifs is 1. The van der Waals surface area contributed by atoms with Gasteiger partial charge in [-0.3, -0.25) is 0 Å². The molecule has 3 aromatic rings. The number of rotatable bonds is 7. The van der Waals surface area contributed by atoms with Gasteiger partial charge in [0.1, 0.15) is 16.5 Å². The number of nitrogens with zero attached hydrogens (tertiary/aromatic N) is 2. The van der Waals surface area contributed by atoms with Gasteiger partial charge in [0.25, 0.3) is 0 Å². The Morgan fingerprint density at radius 3 is 2.67 bits per heavy atom. The van der Waals surface area contributed by atoms with E-state index in [-0.39, 0.29) is 0 Å². The van der Waals surface area contributed by atoms with E-state index in [2.05, 4.69) is 57.9 Å². The summed E-state index contributed by atoms with van der Waals surface area (Å²) in [6.45, 7) is 5.12. The van der Waals surface area contributed by atoms with Crippen LogP contribution in [0.25, 0.3) is 10.2 Å². The second-order valence-electron chi connectivity index (χ2n) is 6.77. The molecule has 1 saturated heterocycles. The molecule has 0 bridgehead atoms. The van der Waals surface area contributed by atoms with Crippen LogP contribution < -0.4 is 5.32 Å². The molecular formula is C21H25N3O2S. The first-order chi connectivity index (χ1) is 13.3. The van der Waals surface area contributed by atoms with E-state index in [4.69, 9.17) is 9.47 Å². The largest absolute Gasteiger partial charge is 0.381 e. The summed E-state index contributed by atoms with van der Waals surface area (Å²) < 4.78 is 11.4. The highest BCUT2D eigenvalue weighted by Gasteiger charge is 2.14. The van der Waals surface area contributed by atoms with Crippen LogP contribution in [0.3, 0.4) is 0 Å². The summed E-state index contributed by atoms with van der Waals surface area (Å²) >= 11 is 1.66. The van der Waals surface area contributed by atoms with Crippen LogP contribution >= 0.6 is 11.3 Å². The van der Waals surface area contributed by atoms with Gasteiger partial charge in [0.2, 0.25) is 0 Å². The van der Waals surface area contributed by atoms with Crippen molar-refractivity contribution in [3.8, 4) is 0 Å². The summed E-state index contributed by atoms with van der Waals surface area (Å²) in [6.07, 6.45) is 3.17. The lowest BCUT2D eigenvalue weighted by molar-refractivity contribution is -0.0390. The SMILES string of the molecule is CCc1nc(NCc2ccc(COC3CCOCC3)cc2)c2ccsc2n1. The number of aromatic nitrogens is 2. The third-order valence-corrected chi connectivity index (χ3v) is 5.63. The van der Waals surface area contributed by atoms with Crippen LogP contribution in [-0.2, 0) is 29.0 Å². The van der Waals surface area contributed by atoms with E-state index in [0.29, 0.717) is 12.7 Å². The van der Waals surface area contributed by atoms with Crippen molar-refractivity contribution in [3.05, 3.63) is 52.7 Å². The molecule has 0 saturated carbocycles. The van der Waals surface area contributed by atoms with E-state index in [0.717, 1.165) is 60.9 Å². The summed E-state index contributed by atoms with van der Waals surface area (Å²) in [5.41, 5.74) is 2.44. The Bertz CT molecular complexity index is 873. The van der Waals surface area contributed by atoms with Gasteiger partial charge >= 0.3 is 0 Å². The number of hydrogen-bond donors (Lipinski definition) is 1. The van der Waals surface area contributed by atoms with E-state index in [9.17, 15) is 0 Å². The lowest BCUT2D eigenvalue weighted by atomic mass is 10.1. The fraction of sp³-hybridized carbons (Fsp3) is 0.429. The van der Waals surface area contributed by atoms with Crippen molar-refractivity contribution in [2.24, 2.45) is 0 Å². The summed E-state index contributed by atoms with van der Waals surface area (Å²) in [7, 11) is 0. The zero-order chi connectivity index (χ0) is 18.5. The predicted molar refractivity (Wildman–Crippen MR) is 109 cm³/mol. The van der Waals surface area contributed by atoms with Crippen molar-refractivity contribution in [1.82, 2.24) is 9.97 Å². The molecule has 3 heterocycles. The molecule has 142 valence electrons. The highest BCUT2D eigenvalue weighted by atomic mass is 32.1. The van der Waals surface area contributed by atoms with Crippen molar-refractivity contribution in [3.63, 3.8) is 0 Å². The van der Waals surface area contributed by atoms with Crippen molar-refractivity contribution in [2.75, 3.05) is 18.5 Å². The van der Waals surface area contributed by atoms with Crippen molar-refractivity contribution in [2.45, 2.75) is 45.4 Å². The standard InChI is InChI=1S/C21H25N3O2S/c1-2-19-23-20(18-9-12-27-21(18)24-19)22-13-15-3-5-16(6-4-15)14-26-17-7-10-25-11-8-17/h3-6,9,12,17H,2,7-8,10-11,13-14H2,1H3,(H,22,23,24). The Kier molecular flexibility index (Phi) is 5.97. The molecule has 2 aromatic heterocycles. The van der Waals surface area contributed by atoms with E-state index < -0.39 is 0 Å². The number of nitrogens with one attached hydrogen (secondary N) is 1. The van der Waals surface area contributed by atoms with Crippen LogP contribution in [0.15, 0.2) is 35.7 Å². The number of hydrogen-bond acceptors (Lipinski definition) is 6. The Labute approximate surface area is 163 Å². The smallest absolute Gasteiger partial charge is 0.138 e. The second kappa shape index (κ2) is 8.78. The third-order valence-electron chi connectivity index (χ3n) is 4.82. The molecule has 0 unspecified atom stereocenters.